The van der Waals surface area contributed by atoms with Crippen molar-refractivity contribution in [1.29, 1.82) is 0 Å². The molecule has 0 fully saturated rings. The number of nitrogens with one attached hydrogen (secondary N) is 1. The van der Waals surface area contributed by atoms with Crippen LogP contribution in [0.15, 0.2) is 12.5 Å². The second kappa shape index (κ2) is 5.30. The molecule has 1 atom stereocenters. The van der Waals surface area contributed by atoms with Gasteiger partial charge < -0.3 is 15.0 Å². The lowest BCUT2D eigenvalue weighted by Crippen LogP contribution is -2.23. The highest BCUT2D eigenvalue weighted by Gasteiger charge is 2.11. The average Bonchev–Trinajstić information content (AvgIpc) is 2.79. The van der Waals surface area contributed by atoms with Gasteiger partial charge in [0, 0.05) is 6.04 Å². The molecular formula is C12H19N5O. The third kappa shape index (κ3) is 2.43. The number of nitrogens with zero attached hydrogens (tertiary/aromatic N) is 4. The minimum absolute atomic E-state index is 0.0159. The van der Waals surface area contributed by atoms with Gasteiger partial charge in [-0.2, -0.15) is 4.98 Å². The molecule has 0 saturated carbocycles. The number of fused-ring (bicyclic) bond motifs is 1. The maximum atomic E-state index is 9.17. The second-order valence-corrected chi connectivity index (χ2v) is 4.58. The summed E-state index contributed by atoms with van der Waals surface area (Å²) < 4.78 is 2.00. The zero-order valence-corrected chi connectivity index (χ0v) is 11.0. The van der Waals surface area contributed by atoms with Crippen molar-refractivity contribution in [2.45, 2.75) is 39.3 Å². The zero-order valence-electron chi connectivity index (χ0n) is 11.0. The summed E-state index contributed by atoms with van der Waals surface area (Å²) in [5.74, 6) is 0.533. The Bertz CT molecular complexity index is 518. The van der Waals surface area contributed by atoms with Crippen molar-refractivity contribution in [2.24, 2.45) is 0 Å². The molecule has 0 spiro atoms. The molecule has 6 nitrogen and oxygen atoms in total. The van der Waals surface area contributed by atoms with Gasteiger partial charge in [0.1, 0.15) is 5.52 Å². The Hall–Kier alpha value is -1.69. The van der Waals surface area contributed by atoms with Gasteiger partial charge >= 0.3 is 0 Å². The van der Waals surface area contributed by atoms with Gasteiger partial charge in [-0.05, 0) is 20.3 Å². The lowest BCUT2D eigenvalue weighted by Gasteiger charge is -2.14. The number of hydrogen-bond acceptors (Lipinski definition) is 5. The van der Waals surface area contributed by atoms with Crippen LogP contribution in [0.4, 0.5) is 5.95 Å². The van der Waals surface area contributed by atoms with Gasteiger partial charge in [-0.3, -0.25) is 0 Å². The molecular weight excluding hydrogens is 230 g/mol. The molecule has 0 unspecified atom stereocenters. The molecule has 0 aliphatic carbocycles. The predicted octanol–water partition coefficient (Wildman–Crippen LogP) is 1.59. The summed E-state index contributed by atoms with van der Waals surface area (Å²) >= 11 is 0. The first-order chi connectivity index (χ1) is 8.65. The van der Waals surface area contributed by atoms with E-state index in [1.54, 1.807) is 12.5 Å². The maximum Gasteiger partial charge on any atom is 0.225 e. The molecule has 18 heavy (non-hydrogen) atoms. The van der Waals surface area contributed by atoms with Crippen LogP contribution in [0.5, 0.6) is 0 Å². The van der Waals surface area contributed by atoms with E-state index in [0.29, 0.717) is 12.0 Å². The van der Waals surface area contributed by atoms with E-state index in [2.05, 4.69) is 34.1 Å². The Morgan fingerprint density at radius 1 is 1.39 bits per heavy atom. The highest BCUT2D eigenvalue weighted by molar-refractivity contribution is 5.71. The quantitative estimate of drug-likeness (QED) is 0.841. The first-order valence-electron chi connectivity index (χ1n) is 6.22. The fourth-order valence-electron chi connectivity index (χ4n) is 1.73. The van der Waals surface area contributed by atoms with Crippen LogP contribution in [0.25, 0.3) is 11.2 Å². The third-order valence-corrected chi connectivity index (χ3v) is 2.92. The van der Waals surface area contributed by atoms with E-state index in [-0.39, 0.29) is 12.6 Å². The SMILES string of the molecule is CC[C@@H](CO)Nc1ncc2ncn(C(C)C)c2n1. The van der Waals surface area contributed by atoms with E-state index in [9.17, 15) is 0 Å². The Labute approximate surface area is 106 Å². The summed E-state index contributed by atoms with van der Waals surface area (Å²) in [5, 5.41) is 12.3. The lowest BCUT2D eigenvalue weighted by molar-refractivity contribution is 0.271. The molecule has 0 aromatic carbocycles. The Balaban J connectivity index is 2.33. The summed E-state index contributed by atoms with van der Waals surface area (Å²) in [7, 11) is 0. The van der Waals surface area contributed by atoms with E-state index in [1.807, 2.05) is 11.5 Å². The third-order valence-electron chi connectivity index (χ3n) is 2.92. The Morgan fingerprint density at radius 3 is 2.78 bits per heavy atom. The fourth-order valence-corrected chi connectivity index (χ4v) is 1.73. The molecule has 2 N–H and O–H groups in total. The number of imidazole rings is 1. The molecule has 0 saturated heterocycles. The molecule has 2 aromatic heterocycles. The fraction of sp³-hybridized carbons (Fsp3) is 0.583. The highest BCUT2D eigenvalue weighted by atomic mass is 16.3. The highest BCUT2D eigenvalue weighted by Crippen LogP contribution is 2.16. The first-order valence-corrected chi connectivity index (χ1v) is 6.22. The van der Waals surface area contributed by atoms with E-state index in [0.717, 1.165) is 17.6 Å². The molecule has 6 heteroatoms. The van der Waals surface area contributed by atoms with Gasteiger partial charge in [-0.15, -0.1) is 0 Å². The topological polar surface area (TPSA) is 75.9 Å². The Morgan fingerprint density at radius 2 is 2.17 bits per heavy atom. The summed E-state index contributed by atoms with van der Waals surface area (Å²) in [5.41, 5.74) is 1.60. The van der Waals surface area contributed by atoms with Gasteiger partial charge in [-0.25, -0.2) is 9.97 Å². The van der Waals surface area contributed by atoms with Crippen LogP contribution in [0.3, 0.4) is 0 Å². The minimum atomic E-state index is -0.0159. The molecule has 2 aromatic rings. The van der Waals surface area contributed by atoms with Crippen molar-refractivity contribution in [2.75, 3.05) is 11.9 Å². The smallest absolute Gasteiger partial charge is 0.225 e. The monoisotopic (exact) mass is 249 g/mol. The van der Waals surface area contributed by atoms with Crippen molar-refractivity contribution in [3.8, 4) is 0 Å². The van der Waals surface area contributed by atoms with Crippen molar-refractivity contribution in [3.63, 3.8) is 0 Å². The first kappa shape index (κ1) is 12.8. The molecule has 0 aliphatic heterocycles. The summed E-state index contributed by atoms with van der Waals surface area (Å²) in [6.07, 6.45) is 4.30. The number of hydrogen-bond donors (Lipinski definition) is 2. The van der Waals surface area contributed by atoms with Crippen LogP contribution >= 0.6 is 0 Å². The molecule has 0 bridgehead atoms. The zero-order chi connectivity index (χ0) is 13.1. The second-order valence-electron chi connectivity index (χ2n) is 4.58. The van der Waals surface area contributed by atoms with Crippen LogP contribution in [0, 0.1) is 0 Å². The molecule has 0 aliphatic rings. The van der Waals surface area contributed by atoms with Gasteiger partial charge in [0.2, 0.25) is 5.95 Å². The van der Waals surface area contributed by atoms with Crippen LogP contribution in [0.1, 0.15) is 33.2 Å². The molecule has 0 amide bonds. The van der Waals surface area contributed by atoms with Crippen LogP contribution < -0.4 is 5.32 Å². The molecule has 2 heterocycles. The van der Waals surface area contributed by atoms with E-state index >= 15 is 0 Å². The van der Waals surface area contributed by atoms with E-state index in [1.165, 1.54) is 0 Å². The number of anilines is 1. The van der Waals surface area contributed by atoms with Crippen molar-refractivity contribution in [1.82, 2.24) is 19.5 Å². The number of aliphatic hydroxyl groups excluding tert-OH is 1. The van der Waals surface area contributed by atoms with Crippen LogP contribution in [-0.2, 0) is 0 Å². The average molecular weight is 249 g/mol. The van der Waals surface area contributed by atoms with E-state index in [4.69, 9.17) is 5.11 Å². The number of aromatic nitrogens is 4. The number of aliphatic hydroxyl groups is 1. The van der Waals surface area contributed by atoms with Crippen molar-refractivity contribution >= 4 is 17.1 Å². The maximum absolute atomic E-state index is 9.17. The normalized spacial score (nSPS) is 13.2. The van der Waals surface area contributed by atoms with Gasteiger partial charge in [0.25, 0.3) is 0 Å². The summed E-state index contributed by atoms with van der Waals surface area (Å²) in [6.45, 7) is 6.24. The van der Waals surface area contributed by atoms with Gasteiger partial charge in [-0.1, -0.05) is 6.92 Å². The minimum Gasteiger partial charge on any atom is -0.394 e. The Kier molecular flexibility index (Phi) is 3.76. The standard InChI is InChI=1S/C12H19N5O/c1-4-9(6-18)15-12-13-5-10-11(16-12)17(7-14-10)8(2)3/h5,7-9,18H,4,6H2,1-3H3,(H,13,15,16)/t9-/m0/s1. The van der Waals surface area contributed by atoms with Gasteiger partial charge in [0.05, 0.1) is 25.2 Å². The van der Waals surface area contributed by atoms with Crippen LogP contribution in [0.2, 0.25) is 0 Å². The lowest BCUT2D eigenvalue weighted by atomic mass is 10.2. The predicted molar refractivity (Wildman–Crippen MR) is 70.5 cm³/mol. The summed E-state index contributed by atoms with van der Waals surface area (Å²) in [6, 6.07) is 0.287. The van der Waals surface area contributed by atoms with Crippen molar-refractivity contribution < 1.29 is 5.11 Å². The van der Waals surface area contributed by atoms with Gasteiger partial charge in [0.15, 0.2) is 5.65 Å². The van der Waals surface area contributed by atoms with Crippen LogP contribution in [-0.4, -0.2) is 37.3 Å². The number of rotatable bonds is 5. The van der Waals surface area contributed by atoms with E-state index < -0.39 is 0 Å². The molecule has 98 valence electrons. The largest absolute Gasteiger partial charge is 0.394 e. The molecule has 2 rings (SSSR count). The summed E-state index contributed by atoms with van der Waals surface area (Å²) in [4.78, 5) is 12.9. The van der Waals surface area contributed by atoms with Crippen molar-refractivity contribution in [3.05, 3.63) is 12.5 Å². The molecule has 0 radical (unpaired) electrons.